The van der Waals surface area contributed by atoms with Gasteiger partial charge in [0.2, 0.25) is 18.6 Å². The van der Waals surface area contributed by atoms with Gasteiger partial charge >= 0.3 is 18.0 Å². The maximum atomic E-state index is 16.8. The van der Waals surface area contributed by atoms with E-state index in [0.29, 0.717) is 53.4 Å². The van der Waals surface area contributed by atoms with Gasteiger partial charge in [0.05, 0.1) is 30.8 Å². The van der Waals surface area contributed by atoms with E-state index in [1.54, 1.807) is 49.1 Å². The molecule has 75 heavy (non-hydrogen) atoms. The highest BCUT2D eigenvalue weighted by Gasteiger charge is 2.76. The molecule has 7 atom stereocenters. The number of hydrogen-bond acceptors (Lipinski definition) is 12. The Balaban J connectivity index is 1.12. The van der Waals surface area contributed by atoms with Crippen molar-refractivity contribution in [2.75, 3.05) is 45.0 Å². The van der Waals surface area contributed by atoms with Crippen molar-refractivity contribution in [1.82, 2.24) is 20.0 Å². The van der Waals surface area contributed by atoms with Crippen LogP contribution >= 0.6 is 0 Å². The second-order valence-electron chi connectivity index (χ2n) is 20.4. The van der Waals surface area contributed by atoms with Crippen LogP contribution in [0.25, 0.3) is 0 Å². The molecule has 15 nitrogen and oxygen atoms in total. The number of piperazine rings is 1. The second kappa shape index (κ2) is 20.4. The molecular weight excluding hydrogens is 951 g/mol. The Kier molecular flexibility index (Phi) is 13.4. The zero-order valence-electron chi connectivity index (χ0n) is 42.1. The average molecular weight is 1010 g/mol. The van der Waals surface area contributed by atoms with Crippen molar-refractivity contribution < 1.29 is 48.0 Å². The number of imide groups is 1. The number of morpholine rings is 1. The van der Waals surface area contributed by atoms with Gasteiger partial charge in [-0.15, -0.1) is 0 Å². The van der Waals surface area contributed by atoms with Gasteiger partial charge in [-0.2, -0.15) is 0 Å². The minimum absolute atomic E-state index is 0.0373. The lowest BCUT2D eigenvalue weighted by atomic mass is 9.64. The van der Waals surface area contributed by atoms with Crippen LogP contribution in [0.3, 0.4) is 0 Å². The summed E-state index contributed by atoms with van der Waals surface area (Å²) in [6.07, 6.45) is 5.07. The van der Waals surface area contributed by atoms with Gasteiger partial charge in [0.25, 0.3) is 0 Å². The van der Waals surface area contributed by atoms with E-state index in [2.05, 4.69) is 28.1 Å². The number of benzene rings is 5. The fourth-order valence-corrected chi connectivity index (χ4v) is 12.2. The van der Waals surface area contributed by atoms with Crippen LogP contribution in [0.15, 0.2) is 133 Å². The standard InChI is InChI=1S/C60H59N5O10/c1-37(2)50(56(68)72-3)61-59(71)64-46-27-21-39(20-19-38-13-7-4-8-14-38)33-45(46)60(58(64)70)49(55(67)63-31-29-62(30-32-63)35-40-22-28-47-48(34-40)74-36-73-47)52-57(69)75-53(42-17-11-6-12-18-42)51(41-15-9-5-10-16-41)65(52)54(60)43-23-25-44(66)26-24-43/h5-6,9-13,15-18,21-28,33-34,37,49-54,66H,4,7-8,14,29-32,35-36H2,1-3H3,(H,61,71)/t49-,50+,51-,52-,53+,54+,60-/m1/s1. The van der Waals surface area contributed by atoms with Crippen molar-refractivity contribution in [3.8, 4) is 29.1 Å². The number of phenols is 1. The van der Waals surface area contributed by atoms with Crippen LogP contribution in [0.1, 0.15) is 91.1 Å². The van der Waals surface area contributed by atoms with Gasteiger partial charge in [-0.05, 0) is 107 Å². The quantitative estimate of drug-likeness (QED) is 0.108. The number of phenolic OH excluding ortho intramolecular Hbond substituents is 1. The number of amides is 4. The lowest BCUT2D eigenvalue weighted by Crippen LogP contribution is -2.59. The topological polar surface area (TPSA) is 167 Å². The molecule has 4 amide bonds. The highest BCUT2D eigenvalue weighted by Crippen LogP contribution is 2.66. The van der Waals surface area contributed by atoms with Crippen LogP contribution in [-0.2, 0) is 40.6 Å². The largest absolute Gasteiger partial charge is 0.508 e. The van der Waals surface area contributed by atoms with Gasteiger partial charge in [0.15, 0.2) is 11.5 Å². The van der Waals surface area contributed by atoms with Gasteiger partial charge in [-0.1, -0.05) is 111 Å². The van der Waals surface area contributed by atoms with Crippen LogP contribution in [0.2, 0.25) is 0 Å². The van der Waals surface area contributed by atoms with Gasteiger partial charge in [-0.25, -0.2) is 14.5 Å². The summed E-state index contributed by atoms with van der Waals surface area (Å²) >= 11 is 0. The van der Waals surface area contributed by atoms with E-state index in [1.807, 2.05) is 83.8 Å². The van der Waals surface area contributed by atoms with Crippen molar-refractivity contribution in [3.63, 3.8) is 0 Å². The molecule has 6 aliphatic rings. The number of aromatic hydroxyl groups is 1. The molecule has 3 fully saturated rings. The summed E-state index contributed by atoms with van der Waals surface area (Å²) < 4.78 is 23.0. The molecule has 3 saturated heterocycles. The van der Waals surface area contributed by atoms with Gasteiger partial charge < -0.3 is 34.3 Å². The number of esters is 2. The summed E-state index contributed by atoms with van der Waals surface area (Å²) in [6, 6.07) is 31.1. The number of hydrogen-bond donors (Lipinski definition) is 2. The molecule has 0 aromatic heterocycles. The number of urea groups is 1. The normalized spacial score (nSPS) is 24.4. The summed E-state index contributed by atoms with van der Waals surface area (Å²) in [5.41, 5.74) is 2.95. The monoisotopic (exact) mass is 1010 g/mol. The molecule has 0 unspecified atom stereocenters. The van der Waals surface area contributed by atoms with Crippen LogP contribution in [0.5, 0.6) is 17.2 Å². The first kappa shape index (κ1) is 49.3. The first-order valence-electron chi connectivity index (χ1n) is 25.8. The summed E-state index contributed by atoms with van der Waals surface area (Å²) in [7, 11) is 1.23. The smallest absolute Gasteiger partial charge is 0.329 e. The third-order valence-electron chi connectivity index (χ3n) is 15.7. The molecule has 0 bridgehead atoms. The molecule has 384 valence electrons. The lowest BCUT2D eigenvalue weighted by molar-refractivity contribution is -0.179. The fourth-order valence-electron chi connectivity index (χ4n) is 12.2. The molecule has 2 N–H and O–H groups in total. The Morgan fingerprint density at radius 1 is 0.800 bits per heavy atom. The number of carbonyl (C=O) groups is 5. The molecule has 0 saturated carbocycles. The number of methoxy groups -OCH3 is 1. The van der Waals surface area contributed by atoms with E-state index < -0.39 is 77.3 Å². The fraction of sp³-hybridized carbons (Fsp3) is 0.350. The Morgan fingerprint density at radius 2 is 1.52 bits per heavy atom. The maximum absolute atomic E-state index is 16.8. The number of cyclic esters (lactones) is 1. The molecule has 1 spiro atoms. The summed E-state index contributed by atoms with van der Waals surface area (Å²) in [4.78, 5) is 84.5. The number of carbonyl (C=O) groups excluding carboxylic acids is 5. The van der Waals surface area contributed by atoms with E-state index in [9.17, 15) is 9.90 Å². The van der Waals surface area contributed by atoms with Gasteiger partial charge in [0, 0.05) is 38.3 Å². The van der Waals surface area contributed by atoms with Crippen molar-refractivity contribution in [2.24, 2.45) is 11.8 Å². The maximum Gasteiger partial charge on any atom is 0.329 e. The van der Waals surface area contributed by atoms with E-state index in [-0.39, 0.29) is 31.3 Å². The summed E-state index contributed by atoms with van der Waals surface area (Å²) in [5, 5.41) is 13.7. The van der Waals surface area contributed by atoms with Crippen molar-refractivity contribution in [3.05, 3.63) is 166 Å². The van der Waals surface area contributed by atoms with Crippen LogP contribution in [-0.4, -0.2) is 102 Å². The zero-order chi connectivity index (χ0) is 52.0. The van der Waals surface area contributed by atoms with E-state index in [0.717, 1.165) is 47.3 Å². The summed E-state index contributed by atoms with van der Waals surface area (Å²) in [6.45, 7) is 5.73. The van der Waals surface area contributed by atoms with Crippen LogP contribution in [0, 0.1) is 23.7 Å². The summed E-state index contributed by atoms with van der Waals surface area (Å²) in [5.74, 6) is 3.46. The molecular formula is C60H59N5O10. The molecule has 5 aromatic carbocycles. The predicted octanol–water partition coefficient (Wildman–Crippen LogP) is 7.89. The third-order valence-corrected chi connectivity index (χ3v) is 15.7. The Labute approximate surface area is 436 Å². The lowest BCUT2D eigenvalue weighted by Gasteiger charge is -2.46. The van der Waals surface area contributed by atoms with Crippen molar-refractivity contribution in [2.45, 2.75) is 81.8 Å². The predicted molar refractivity (Wildman–Crippen MR) is 277 cm³/mol. The van der Waals surface area contributed by atoms with E-state index in [4.69, 9.17) is 18.9 Å². The number of allylic oxidation sites excluding steroid dienone is 2. The molecule has 15 heteroatoms. The Hall–Kier alpha value is -7.93. The SMILES string of the molecule is COC(=O)[C@@H](NC(=O)N1C(=O)[C@@]2(c3cc(C#CC4=CCCCC4)ccc31)[C@H](c1ccc(O)cc1)N1[C@H](c3ccccc3)[C@H](c3ccccc3)OC(=O)[C@H]1[C@@H]2C(=O)N1CCN(Cc2ccc3c(c2)OCO3)CC1)C(C)C. The van der Waals surface area contributed by atoms with Gasteiger partial charge in [-0.3, -0.25) is 24.2 Å². The Morgan fingerprint density at radius 3 is 2.21 bits per heavy atom. The van der Waals surface area contributed by atoms with Crippen molar-refractivity contribution in [1.29, 1.82) is 0 Å². The van der Waals surface area contributed by atoms with E-state index in [1.165, 1.54) is 19.2 Å². The number of ether oxygens (including phenoxy) is 4. The molecule has 11 rings (SSSR count). The molecule has 0 radical (unpaired) electrons. The minimum Gasteiger partial charge on any atom is -0.508 e. The highest BCUT2D eigenvalue weighted by molar-refractivity contribution is 6.25. The first-order valence-corrected chi connectivity index (χ1v) is 25.8. The molecule has 5 aliphatic heterocycles. The van der Waals surface area contributed by atoms with E-state index >= 15 is 19.2 Å². The average Bonchev–Trinajstić information content (AvgIpc) is 4.21. The first-order chi connectivity index (χ1) is 36.5. The second-order valence-corrected chi connectivity index (χ2v) is 20.4. The third kappa shape index (κ3) is 8.85. The molecule has 5 aromatic rings. The number of anilines is 1. The van der Waals surface area contributed by atoms with Gasteiger partial charge in [0.1, 0.15) is 29.4 Å². The number of nitrogens with zero attached hydrogens (tertiary/aromatic N) is 4. The highest BCUT2D eigenvalue weighted by atomic mass is 16.7. The number of nitrogens with one attached hydrogen (secondary N) is 1. The van der Waals surface area contributed by atoms with Crippen LogP contribution in [0.4, 0.5) is 10.5 Å². The van der Waals surface area contributed by atoms with Crippen molar-refractivity contribution >= 4 is 35.5 Å². The zero-order valence-corrected chi connectivity index (χ0v) is 42.1. The Bertz CT molecular complexity index is 3130. The molecule has 5 heterocycles. The molecule has 1 aliphatic carbocycles. The van der Waals surface area contributed by atoms with Crippen LogP contribution < -0.4 is 19.7 Å². The minimum atomic E-state index is -2.05. The number of rotatable bonds is 9. The number of fused-ring (bicyclic) bond motifs is 4.